The van der Waals surface area contributed by atoms with E-state index in [1.165, 1.54) is 18.4 Å². The van der Waals surface area contributed by atoms with Crippen molar-refractivity contribution in [3.63, 3.8) is 0 Å². The van der Waals surface area contributed by atoms with Gasteiger partial charge in [0.15, 0.2) is 0 Å². The zero-order valence-corrected chi connectivity index (χ0v) is 22.4. The van der Waals surface area contributed by atoms with Gasteiger partial charge in [-0.25, -0.2) is 0 Å². The second-order valence-electron chi connectivity index (χ2n) is 14.8. The molecular weight excluding hydrogens is 408 g/mol. The van der Waals surface area contributed by atoms with Crippen molar-refractivity contribution in [2.24, 2.45) is 50.7 Å². The number of hydrogen-bond acceptors (Lipinski definition) is 3. The van der Waals surface area contributed by atoms with E-state index >= 15 is 0 Å². The first-order chi connectivity index (χ1) is 15.2. The Labute approximate surface area is 202 Å². The van der Waals surface area contributed by atoms with E-state index < -0.39 is 5.60 Å². The van der Waals surface area contributed by atoms with E-state index in [9.17, 15) is 15.3 Å². The second-order valence-corrected chi connectivity index (χ2v) is 14.8. The van der Waals surface area contributed by atoms with Crippen LogP contribution in [0.2, 0.25) is 0 Å². The summed E-state index contributed by atoms with van der Waals surface area (Å²) >= 11 is 0. The lowest BCUT2D eigenvalue weighted by Gasteiger charge is -2.72. The third-order valence-electron chi connectivity index (χ3n) is 13.5. The lowest BCUT2D eigenvalue weighted by Crippen LogP contribution is -2.67. The molecule has 0 bridgehead atoms. The molecule has 4 saturated carbocycles. The summed E-state index contributed by atoms with van der Waals surface area (Å²) in [7, 11) is 0. The van der Waals surface area contributed by atoms with Crippen LogP contribution >= 0.6 is 0 Å². The summed E-state index contributed by atoms with van der Waals surface area (Å²) < 4.78 is 0. The van der Waals surface area contributed by atoms with Crippen molar-refractivity contribution < 1.29 is 15.3 Å². The number of aliphatic hydroxyl groups excluding tert-OH is 2. The van der Waals surface area contributed by atoms with E-state index in [1.54, 1.807) is 0 Å². The van der Waals surface area contributed by atoms with Gasteiger partial charge in [0.05, 0.1) is 11.7 Å². The largest absolute Gasteiger partial charge is 0.396 e. The highest BCUT2D eigenvalue weighted by Gasteiger charge is 2.69. The van der Waals surface area contributed by atoms with Crippen LogP contribution in [0.15, 0.2) is 11.6 Å². The predicted octanol–water partition coefficient (Wildman–Crippen LogP) is 6.11. The van der Waals surface area contributed by atoms with Gasteiger partial charge in [0.2, 0.25) is 0 Å². The van der Waals surface area contributed by atoms with Crippen molar-refractivity contribution in [1.82, 2.24) is 0 Å². The third-order valence-corrected chi connectivity index (χ3v) is 13.5. The van der Waals surface area contributed by atoms with Crippen molar-refractivity contribution in [2.75, 3.05) is 6.61 Å². The Hall–Kier alpha value is -0.380. The van der Waals surface area contributed by atoms with E-state index in [4.69, 9.17) is 0 Å². The summed E-state index contributed by atoms with van der Waals surface area (Å²) in [5, 5.41) is 33.5. The fourth-order valence-corrected chi connectivity index (χ4v) is 10.9. The van der Waals surface area contributed by atoms with Crippen molar-refractivity contribution in [3.8, 4) is 0 Å². The van der Waals surface area contributed by atoms with Gasteiger partial charge in [-0.3, -0.25) is 0 Å². The Morgan fingerprint density at radius 2 is 1.58 bits per heavy atom. The number of fused-ring (bicyclic) bond motifs is 7. The molecule has 33 heavy (non-hydrogen) atoms. The Morgan fingerprint density at radius 1 is 0.879 bits per heavy atom. The SMILES string of the molecule is C[C@@H]1CC[C@]2(CO)CC[C@]3(C)C(=CC[C@@H]4[C@@]5(C)CC[C@H](O)C(C)(C)[C@@H]5CC[C@]43C)[C@@H]2[C@]1(C)O. The molecule has 5 aliphatic rings. The van der Waals surface area contributed by atoms with Gasteiger partial charge in [0.25, 0.3) is 0 Å². The van der Waals surface area contributed by atoms with Crippen LogP contribution in [0, 0.1) is 50.7 Å². The van der Waals surface area contributed by atoms with Gasteiger partial charge in [-0.15, -0.1) is 0 Å². The molecule has 4 fully saturated rings. The molecule has 0 heterocycles. The molecule has 0 aromatic heterocycles. The van der Waals surface area contributed by atoms with Crippen LogP contribution in [0.25, 0.3) is 0 Å². The van der Waals surface area contributed by atoms with Gasteiger partial charge < -0.3 is 15.3 Å². The molecule has 0 amide bonds. The minimum Gasteiger partial charge on any atom is -0.396 e. The summed E-state index contributed by atoms with van der Waals surface area (Å²) in [5.74, 6) is 1.48. The average molecular weight is 459 g/mol. The molecule has 3 nitrogen and oxygen atoms in total. The second kappa shape index (κ2) is 7.10. The molecule has 0 saturated heterocycles. The summed E-state index contributed by atoms with van der Waals surface area (Å²) in [4.78, 5) is 0. The fraction of sp³-hybridized carbons (Fsp3) is 0.933. The van der Waals surface area contributed by atoms with Crippen molar-refractivity contribution in [2.45, 2.75) is 118 Å². The molecule has 0 unspecified atom stereocenters. The van der Waals surface area contributed by atoms with Gasteiger partial charge >= 0.3 is 0 Å². The van der Waals surface area contributed by atoms with Crippen molar-refractivity contribution in [1.29, 1.82) is 0 Å². The minimum absolute atomic E-state index is 0.0275. The normalized spacial score (nSPS) is 57.8. The smallest absolute Gasteiger partial charge is 0.0716 e. The summed E-state index contributed by atoms with van der Waals surface area (Å²) in [6.45, 7) is 16.7. The van der Waals surface area contributed by atoms with Gasteiger partial charge in [-0.05, 0) is 104 Å². The molecule has 188 valence electrons. The van der Waals surface area contributed by atoms with Crippen LogP contribution in [0.4, 0.5) is 0 Å². The first kappa shape index (κ1) is 24.3. The maximum absolute atomic E-state index is 11.9. The molecule has 5 aliphatic carbocycles. The third kappa shape index (κ3) is 2.80. The van der Waals surface area contributed by atoms with Crippen molar-refractivity contribution >= 4 is 0 Å². The van der Waals surface area contributed by atoms with Crippen LogP contribution in [0.1, 0.15) is 106 Å². The van der Waals surface area contributed by atoms with Crippen LogP contribution in [-0.2, 0) is 0 Å². The van der Waals surface area contributed by atoms with Crippen LogP contribution < -0.4 is 0 Å². The molecular formula is C30H50O3. The maximum Gasteiger partial charge on any atom is 0.0716 e. The molecule has 0 aliphatic heterocycles. The van der Waals surface area contributed by atoms with Crippen LogP contribution in [0.5, 0.6) is 0 Å². The zero-order chi connectivity index (χ0) is 24.2. The van der Waals surface area contributed by atoms with Crippen LogP contribution in [0.3, 0.4) is 0 Å². The molecule has 5 rings (SSSR count). The molecule has 0 aromatic carbocycles. The number of aliphatic hydroxyl groups is 3. The fourth-order valence-electron chi connectivity index (χ4n) is 10.9. The molecule has 0 spiro atoms. The highest BCUT2D eigenvalue weighted by Crippen LogP contribution is 2.75. The Morgan fingerprint density at radius 3 is 2.24 bits per heavy atom. The number of rotatable bonds is 1. The van der Waals surface area contributed by atoms with Crippen molar-refractivity contribution in [3.05, 3.63) is 11.6 Å². The Balaban J connectivity index is 1.62. The molecule has 0 aromatic rings. The number of hydrogen-bond donors (Lipinski definition) is 3. The minimum atomic E-state index is -0.768. The van der Waals surface area contributed by atoms with E-state index in [0.29, 0.717) is 11.8 Å². The Kier molecular flexibility index (Phi) is 5.23. The van der Waals surface area contributed by atoms with Gasteiger partial charge in [0, 0.05) is 17.9 Å². The number of allylic oxidation sites excluding steroid dienone is 1. The summed E-state index contributed by atoms with van der Waals surface area (Å²) in [6.07, 6.45) is 12.1. The standard InChI is InChI=1S/C30H50O3/c1-19-10-15-30(18-31)17-16-27(5)20(24(30)29(19,7)33)8-9-22-26(4)13-12-23(32)25(2,3)21(26)11-14-28(22,27)6/h8,19,21-24,31-33H,9-18H2,1-7H3/t19-,21+,22-,23+,24-,26+,27-,28-,29-,30-/m1/s1. The van der Waals surface area contributed by atoms with E-state index in [2.05, 4.69) is 54.5 Å². The quantitative estimate of drug-likeness (QED) is 0.415. The topological polar surface area (TPSA) is 60.7 Å². The lowest BCUT2D eigenvalue weighted by molar-refractivity contribution is -0.216. The first-order valence-corrected chi connectivity index (χ1v) is 13.9. The maximum atomic E-state index is 11.9. The van der Waals surface area contributed by atoms with Gasteiger partial charge in [-0.2, -0.15) is 0 Å². The highest BCUT2D eigenvalue weighted by molar-refractivity contribution is 5.35. The van der Waals surface area contributed by atoms with Crippen LogP contribution in [-0.4, -0.2) is 33.6 Å². The van der Waals surface area contributed by atoms with E-state index in [0.717, 1.165) is 44.9 Å². The zero-order valence-electron chi connectivity index (χ0n) is 22.4. The summed E-state index contributed by atoms with van der Waals surface area (Å²) in [6, 6.07) is 0. The van der Waals surface area contributed by atoms with Gasteiger partial charge in [-0.1, -0.05) is 53.2 Å². The monoisotopic (exact) mass is 458 g/mol. The highest BCUT2D eigenvalue weighted by atomic mass is 16.3. The molecule has 0 radical (unpaired) electrons. The van der Waals surface area contributed by atoms with E-state index in [1.807, 2.05) is 0 Å². The van der Waals surface area contributed by atoms with E-state index in [-0.39, 0.29) is 51.6 Å². The molecule has 3 N–H and O–H groups in total. The first-order valence-electron chi connectivity index (χ1n) is 13.9. The van der Waals surface area contributed by atoms with Gasteiger partial charge in [0.1, 0.15) is 0 Å². The molecule has 3 heteroatoms. The average Bonchev–Trinajstić information content (AvgIpc) is 2.74. The Bertz CT molecular complexity index is 843. The summed E-state index contributed by atoms with van der Waals surface area (Å²) in [5.41, 5.74) is 1.02. The lowest BCUT2D eigenvalue weighted by atomic mass is 9.33. The predicted molar refractivity (Wildman–Crippen MR) is 134 cm³/mol. The molecule has 10 atom stereocenters.